The Labute approximate surface area is 115 Å². The van der Waals surface area contributed by atoms with E-state index < -0.39 is 0 Å². The number of nitrogens with one attached hydrogen (secondary N) is 1. The number of ether oxygens (including phenoxy) is 1. The zero-order valence-corrected chi connectivity index (χ0v) is 12.2. The van der Waals surface area contributed by atoms with Crippen molar-refractivity contribution in [2.75, 3.05) is 19.7 Å². The normalized spacial score (nSPS) is 37.4. The number of rotatable bonds is 2. The van der Waals surface area contributed by atoms with Crippen LogP contribution in [0, 0.1) is 5.92 Å². The minimum atomic E-state index is -0.180. The molecule has 0 aromatic rings. The van der Waals surface area contributed by atoms with Crippen molar-refractivity contribution in [3.63, 3.8) is 0 Å². The average molecular weight is 266 g/mol. The first kappa shape index (κ1) is 13.4. The fourth-order valence-electron chi connectivity index (χ4n) is 3.95. The van der Waals surface area contributed by atoms with Crippen molar-refractivity contribution in [3.8, 4) is 0 Å². The number of morpholine rings is 1. The van der Waals surface area contributed by atoms with Gasteiger partial charge in [0.2, 0.25) is 5.91 Å². The highest BCUT2D eigenvalue weighted by Crippen LogP contribution is 2.33. The highest BCUT2D eigenvalue weighted by Gasteiger charge is 2.36. The van der Waals surface area contributed by atoms with Gasteiger partial charge in [0.25, 0.3) is 0 Å². The summed E-state index contributed by atoms with van der Waals surface area (Å²) < 4.78 is 5.68. The molecule has 4 heteroatoms. The molecule has 3 heterocycles. The highest BCUT2D eigenvalue weighted by molar-refractivity contribution is 5.76. The smallest absolute Gasteiger partial charge is 0.223 e. The molecule has 3 fully saturated rings. The Balaban J connectivity index is 1.53. The average Bonchev–Trinajstić information content (AvgIpc) is 2.67. The van der Waals surface area contributed by atoms with Crippen LogP contribution < -0.4 is 5.32 Å². The van der Waals surface area contributed by atoms with Crippen LogP contribution in [0.25, 0.3) is 0 Å². The van der Waals surface area contributed by atoms with E-state index in [2.05, 4.69) is 19.2 Å². The van der Waals surface area contributed by atoms with Crippen molar-refractivity contribution in [2.24, 2.45) is 5.92 Å². The molecule has 19 heavy (non-hydrogen) atoms. The predicted molar refractivity (Wildman–Crippen MR) is 73.9 cm³/mol. The Kier molecular flexibility index (Phi) is 3.56. The second-order valence-corrected chi connectivity index (χ2v) is 7.10. The lowest BCUT2D eigenvalue weighted by Crippen LogP contribution is -2.51. The topological polar surface area (TPSA) is 41.6 Å². The summed E-state index contributed by atoms with van der Waals surface area (Å²) in [5, 5.41) is 3.64. The summed E-state index contributed by atoms with van der Waals surface area (Å²) in [4.78, 5) is 14.4. The minimum Gasteiger partial charge on any atom is -0.372 e. The van der Waals surface area contributed by atoms with Crippen LogP contribution in [-0.4, -0.2) is 48.2 Å². The van der Waals surface area contributed by atoms with Gasteiger partial charge in [0.15, 0.2) is 0 Å². The molecule has 0 spiro atoms. The maximum Gasteiger partial charge on any atom is 0.223 e. The summed E-state index contributed by atoms with van der Waals surface area (Å²) in [5.41, 5.74) is -0.180. The molecule has 3 rings (SSSR count). The van der Waals surface area contributed by atoms with Crippen LogP contribution in [0.1, 0.15) is 46.0 Å². The number of nitrogens with zero attached hydrogens (tertiary/aromatic N) is 1. The lowest BCUT2D eigenvalue weighted by molar-refractivity contribution is -0.147. The lowest BCUT2D eigenvalue weighted by atomic mass is 9.89. The summed E-state index contributed by atoms with van der Waals surface area (Å²) in [5.74, 6) is 0.930. The van der Waals surface area contributed by atoms with Crippen LogP contribution in [0.3, 0.4) is 0 Å². The number of hydrogen-bond donors (Lipinski definition) is 1. The van der Waals surface area contributed by atoms with E-state index in [-0.39, 0.29) is 5.60 Å². The van der Waals surface area contributed by atoms with Crippen molar-refractivity contribution >= 4 is 5.91 Å². The number of fused-ring (bicyclic) bond motifs is 2. The molecule has 0 saturated carbocycles. The number of piperidine rings is 1. The second-order valence-electron chi connectivity index (χ2n) is 7.10. The fraction of sp³-hybridized carbons (Fsp3) is 0.933. The molecule has 108 valence electrons. The van der Waals surface area contributed by atoms with Crippen LogP contribution in [0.2, 0.25) is 0 Å². The van der Waals surface area contributed by atoms with E-state index in [4.69, 9.17) is 4.74 Å². The van der Waals surface area contributed by atoms with Crippen molar-refractivity contribution in [1.29, 1.82) is 0 Å². The van der Waals surface area contributed by atoms with E-state index in [0.717, 1.165) is 19.5 Å². The zero-order valence-electron chi connectivity index (χ0n) is 12.2. The summed E-state index contributed by atoms with van der Waals surface area (Å²) in [6, 6.07) is 1.36. The van der Waals surface area contributed by atoms with Gasteiger partial charge in [-0.1, -0.05) is 0 Å². The minimum absolute atomic E-state index is 0.180. The number of carbonyl (C=O) groups is 1. The summed E-state index contributed by atoms with van der Waals surface area (Å²) in [7, 11) is 0. The number of carbonyl (C=O) groups excluding carboxylic acids is 1. The molecule has 4 nitrogen and oxygen atoms in total. The highest BCUT2D eigenvalue weighted by atomic mass is 16.5. The van der Waals surface area contributed by atoms with E-state index in [9.17, 15) is 4.79 Å². The van der Waals surface area contributed by atoms with Gasteiger partial charge in [-0.25, -0.2) is 0 Å². The molecule has 0 radical (unpaired) electrons. The fourth-order valence-corrected chi connectivity index (χ4v) is 3.95. The molecular weight excluding hydrogens is 240 g/mol. The van der Waals surface area contributed by atoms with Crippen molar-refractivity contribution in [3.05, 3.63) is 0 Å². The Hall–Kier alpha value is -0.610. The Bertz CT molecular complexity index is 344. The van der Waals surface area contributed by atoms with Gasteiger partial charge in [-0.2, -0.15) is 0 Å². The summed E-state index contributed by atoms with van der Waals surface area (Å²) in [6.07, 6.45) is 5.73. The Morgan fingerprint density at radius 1 is 1.32 bits per heavy atom. The largest absolute Gasteiger partial charge is 0.372 e. The molecule has 1 amide bonds. The third-order valence-electron chi connectivity index (χ3n) is 4.81. The monoisotopic (exact) mass is 266 g/mol. The van der Waals surface area contributed by atoms with Gasteiger partial charge in [0, 0.05) is 31.6 Å². The molecule has 3 saturated heterocycles. The van der Waals surface area contributed by atoms with Crippen LogP contribution in [0.5, 0.6) is 0 Å². The van der Waals surface area contributed by atoms with Crippen molar-refractivity contribution in [1.82, 2.24) is 10.2 Å². The molecule has 2 atom stereocenters. The van der Waals surface area contributed by atoms with Gasteiger partial charge in [-0.05, 0) is 45.4 Å². The first-order valence-electron chi connectivity index (χ1n) is 7.70. The maximum atomic E-state index is 12.4. The molecule has 0 aliphatic carbocycles. The molecule has 0 aromatic heterocycles. The molecule has 2 unspecified atom stereocenters. The standard InChI is InChI=1S/C15H26N2O2/c1-15(2)10-17(5-6-19-15)14(18)9-11-7-12-3-4-13(8-11)16-12/h11-13,16H,3-10H2,1-2H3. The van der Waals surface area contributed by atoms with Crippen LogP contribution in [-0.2, 0) is 9.53 Å². The Morgan fingerprint density at radius 2 is 2.00 bits per heavy atom. The molecular formula is C15H26N2O2. The molecule has 0 aromatic carbocycles. The van der Waals surface area contributed by atoms with E-state index in [0.29, 0.717) is 30.5 Å². The molecule has 2 bridgehead atoms. The van der Waals surface area contributed by atoms with Crippen molar-refractivity contribution < 1.29 is 9.53 Å². The van der Waals surface area contributed by atoms with Crippen molar-refractivity contribution in [2.45, 2.75) is 63.6 Å². The first-order chi connectivity index (χ1) is 9.02. The van der Waals surface area contributed by atoms with Gasteiger partial charge in [-0.3, -0.25) is 4.79 Å². The lowest BCUT2D eigenvalue weighted by Gasteiger charge is -2.39. The van der Waals surface area contributed by atoms with E-state index in [1.807, 2.05) is 4.90 Å². The molecule has 3 aliphatic rings. The zero-order chi connectivity index (χ0) is 13.5. The van der Waals surface area contributed by atoms with Gasteiger partial charge >= 0.3 is 0 Å². The number of amides is 1. The second kappa shape index (κ2) is 5.06. The van der Waals surface area contributed by atoms with Gasteiger partial charge in [-0.15, -0.1) is 0 Å². The Morgan fingerprint density at radius 3 is 2.63 bits per heavy atom. The first-order valence-corrected chi connectivity index (χ1v) is 7.70. The SMILES string of the molecule is CC1(C)CN(C(=O)CC2CC3CCC(C2)N3)CCO1. The number of hydrogen-bond acceptors (Lipinski definition) is 3. The van der Waals surface area contributed by atoms with Gasteiger partial charge < -0.3 is 15.0 Å². The van der Waals surface area contributed by atoms with E-state index in [1.165, 1.54) is 25.7 Å². The quantitative estimate of drug-likeness (QED) is 0.824. The van der Waals surface area contributed by atoms with Crippen LogP contribution >= 0.6 is 0 Å². The van der Waals surface area contributed by atoms with Crippen LogP contribution in [0.15, 0.2) is 0 Å². The summed E-state index contributed by atoms with van der Waals surface area (Å²) in [6.45, 7) is 6.31. The van der Waals surface area contributed by atoms with Gasteiger partial charge in [0.05, 0.1) is 12.2 Å². The third kappa shape index (κ3) is 3.11. The van der Waals surface area contributed by atoms with E-state index in [1.54, 1.807) is 0 Å². The maximum absolute atomic E-state index is 12.4. The molecule has 3 aliphatic heterocycles. The third-order valence-corrected chi connectivity index (χ3v) is 4.81. The predicted octanol–water partition coefficient (Wildman–Crippen LogP) is 1.54. The van der Waals surface area contributed by atoms with Crippen LogP contribution in [0.4, 0.5) is 0 Å². The molecule has 1 N–H and O–H groups in total. The summed E-state index contributed by atoms with van der Waals surface area (Å²) >= 11 is 0. The van der Waals surface area contributed by atoms with E-state index >= 15 is 0 Å². The van der Waals surface area contributed by atoms with Gasteiger partial charge in [0.1, 0.15) is 0 Å².